The minimum atomic E-state index is -0.654. The summed E-state index contributed by atoms with van der Waals surface area (Å²) >= 11 is 0. The predicted molar refractivity (Wildman–Crippen MR) is 138 cm³/mol. The van der Waals surface area contributed by atoms with Gasteiger partial charge in [0.15, 0.2) is 5.76 Å². The van der Waals surface area contributed by atoms with Crippen LogP contribution in [0.1, 0.15) is 37.4 Å². The first kappa shape index (κ1) is 24.5. The number of benzene rings is 1. The maximum absolute atomic E-state index is 11.2. The maximum Gasteiger partial charge on any atom is 0.232 e. The van der Waals surface area contributed by atoms with Crippen LogP contribution in [0.3, 0.4) is 0 Å². The topological polar surface area (TPSA) is 89.0 Å². The summed E-state index contributed by atoms with van der Waals surface area (Å²) in [6.07, 6.45) is 16.5. The molecule has 1 saturated heterocycles. The molecule has 5 rings (SSSR count). The quantitative estimate of drug-likeness (QED) is 0.546. The van der Waals surface area contributed by atoms with Crippen LogP contribution in [0.2, 0.25) is 0 Å². The number of ether oxygens (including phenoxy) is 3. The summed E-state index contributed by atoms with van der Waals surface area (Å²) in [5, 5.41) is 14.9. The van der Waals surface area contributed by atoms with Gasteiger partial charge in [0.05, 0.1) is 36.5 Å². The highest BCUT2D eigenvalue weighted by Gasteiger charge is 2.27. The monoisotopic (exact) mass is 490 g/mol. The van der Waals surface area contributed by atoms with Crippen LogP contribution in [0.25, 0.3) is 11.0 Å². The van der Waals surface area contributed by atoms with E-state index in [1.165, 1.54) is 11.8 Å². The lowest BCUT2D eigenvalue weighted by Gasteiger charge is -2.35. The third kappa shape index (κ3) is 5.78. The van der Waals surface area contributed by atoms with Crippen molar-refractivity contribution in [3.63, 3.8) is 0 Å². The molecule has 3 atom stereocenters. The molecule has 2 aliphatic heterocycles. The molecule has 36 heavy (non-hydrogen) atoms. The van der Waals surface area contributed by atoms with Crippen LogP contribution in [0.4, 0.5) is 0 Å². The average Bonchev–Trinajstić information content (AvgIpc) is 2.94. The first-order valence-corrected chi connectivity index (χ1v) is 12.7. The van der Waals surface area contributed by atoms with Gasteiger partial charge in [0.1, 0.15) is 18.8 Å². The lowest BCUT2D eigenvalue weighted by atomic mass is 9.93. The molecule has 3 aliphatic rings. The molecular weight excluding hydrogens is 456 g/mol. The van der Waals surface area contributed by atoms with Gasteiger partial charge in [0, 0.05) is 25.2 Å². The standard InChI is InChI=1S/C28H34N4O4/c1-34-26-16-29-23-11-5-10-22(28(23)31-26)24(33)18-32-12-6-7-20(17-32)15-30-27(21-8-3-2-4-9-21)25-19-35-13-14-36-25/h2-3,5,8,10-11,13-14,16,19-20,24,27,30,33H,4,6-7,9,12,15,17-18H2,1H3. The van der Waals surface area contributed by atoms with Gasteiger partial charge in [-0.25, -0.2) is 9.97 Å². The Labute approximate surface area is 212 Å². The van der Waals surface area contributed by atoms with Crippen LogP contribution >= 0.6 is 0 Å². The largest absolute Gasteiger partial charge is 0.480 e. The molecular formula is C28H34N4O4. The molecule has 3 unspecified atom stereocenters. The van der Waals surface area contributed by atoms with Crippen molar-refractivity contribution in [3.05, 3.63) is 78.3 Å². The molecule has 190 valence electrons. The Morgan fingerprint density at radius 3 is 3.06 bits per heavy atom. The molecule has 1 aliphatic carbocycles. The van der Waals surface area contributed by atoms with Crippen molar-refractivity contribution in [1.82, 2.24) is 20.2 Å². The van der Waals surface area contributed by atoms with Crippen LogP contribution in [0.5, 0.6) is 5.88 Å². The fourth-order valence-electron chi connectivity index (χ4n) is 5.20. The number of β-amino-alcohol motifs (C(OH)–C–C–N with tert-alkyl or cyclic N) is 1. The van der Waals surface area contributed by atoms with Gasteiger partial charge < -0.3 is 29.5 Å². The van der Waals surface area contributed by atoms with Gasteiger partial charge in [-0.1, -0.05) is 30.4 Å². The molecule has 8 nitrogen and oxygen atoms in total. The number of nitrogens with zero attached hydrogens (tertiary/aromatic N) is 3. The van der Waals surface area contributed by atoms with Crippen LogP contribution in [0, 0.1) is 5.92 Å². The fraction of sp³-hybridized carbons (Fsp3) is 0.429. The van der Waals surface area contributed by atoms with Crippen molar-refractivity contribution in [2.45, 2.75) is 37.8 Å². The van der Waals surface area contributed by atoms with E-state index in [1.54, 1.807) is 25.8 Å². The summed E-state index contributed by atoms with van der Waals surface area (Å²) in [6.45, 7) is 3.31. The van der Waals surface area contributed by atoms with Crippen LogP contribution in [0.15, 0.2) is 72.7 Å². The lowest BCUT2D eigenvalue weighted by molar-refractivity contribution is 0.0842. The molecule has 2 N–H and O–H groups in total. The summed E-state index contributed by atoms with van der Waals surface area (Å²) in [5.41, 5.74) is 3.53. The maximum atomic E-state index is 11.2. The Morgan fingerprint density at radius 1 is 1.31 bits per heavy atom. The van der Waals surface area contributed by atoms with Crippen LogP contribution < -0.4 is 10.1 Å². The number of piperidine rings is 1. The Balaban J connectivity index is 1.22. The number of methoxy groups -OCH3 is 1. The van der Waals surface area contributed by atoms with Crippen molar-refractivity contribution in [2.75, 3.05) is 33.3 Å². The zero-order valence-electron chi connectivity index (χ0n) is 20.7. The first-order valence-electron chi connectivity index (χ1n) is 12.7. The summed E-state index contributed by atoms with van der Waals surface area (Å²) < 4.78 is 16.4. The van der Waals surface area contributed by atoms with Gasteiger partial charge in [-0.15, -0.1) is 0 Å². The second-order valence-electron chi connectivity index (χ2n) is 9.51. The minimum absolute atomic E-state index is 0.00916. The second kappa shape index (κ2) is 11.7. The molecule has 8 heteroatoms. The minimum Gasteiger partial charge on any atom is -0.480 e. The van der Waals surface area contributed by atoms with E-state index in [0.29, 0.717) is 23.9 Å². The van der Waals surface area contributed by atoms with Gasteiger partial charge >= 0.3 is 0 Å². The van der Waals surface area contributed by atoms with E-state index in [-0.39, 0.29) is 6.04 Å². The number of aliphatic hydroxyl groups excluding tert-OH is 1. The van der Waals surface area contributed by atoms with Crippen molar-refractivity contribution >= 4 is 11.0 Å². The second-order valence-corrected chi connectivity index (χ2v) is 9.51. The number of rotatable bonds is 9. The van der Waals surface area contributed by atoms with E-state index in [9.17, 15) is 5.11 Å². The van der Waals surface area contributed by atoms with Gasteiger partial charge in [0.2, 0.25) is 5.88 Å². The number of likely N-dealkylation sites (tertiary alicyclic amines) is 1. The summed E-state index contributed by atoms with van der Waals surface area (Å²) in [7, 11) is 1.57. The van der Waals surface area contributed by atoms with Gasteiger partial charge in [-0.2, -0.15) is 0 Å². The van der Waals surface area contributed by atoms with E-state index in [0.717, 1.165) is 62.2 Å². The normalized spacial score (nSPS) is 21.8. The van der Waals surface area contributed by atoms with E-state index < -0.39 is 6.10 Å². The van der Waals surface area contributed by atoms with E-state index in [4.69, 9.17) is 14.2 Å². The number of fused-ring (bicyclic) bond motifs is 1. The number of aromatic nitrogens is 2. The van der Waals surface area contributed by atoms with E-state index in [1.807, 2.05) is 18.2 Å². The molecule has 0 spiro atoms. The molecule has 0 radical (unpaired) electrons. The van der Waals surface area contributed by atoms with Crippen molar-refractivity contribution in [2.24, 2.45) is 5.92 Å². The van der Waals surface area contributed by atoms with Crippen LogP contribution in [-0.2, 0) is 9.47 Å². The van der Waals surface area contributed by atoms with E-state index >= 15 is 0 Å². The molecule has 2 aromatic rings. The zero-order chi connectivity index (χ0) is 24.7. The van der Waals surface area contributed by atoms with Crippen molar-refractivity contribution in [3.8, 4) is 5.88 Å². The number of nitrogens with one attached hydrogen (secondary N) is 1. The Bertz CT molecular complexity index is 1180. The molecule has 1 aromatic carbocycles. The molecule has 0 saturated carbocycles. The molecule has 0 amide bonds. The molecule has 3 heterocycles. The number of allylic oxidation sites excluding steroid dienone is 3. The number of aliphatic hydroxyl groups is 1. The Hall–Kier alpha value is -3.20. The lowest BCUT2D eigenvalue weighted by Crippen LogP contribution is -2.44. The molecule has 0 bridgehead atoms. The van der Waals surface area contributed by atoms with Gasteiger partial charge in [-0.3, -0.25) is 0 Å². The molecule has 1 fully saturated rings. The summed E-state index contributed by atoms with van der Waals surface area (Å²) in [5.74, 6) is 1.71. The highest BCUT2D eigenvalue weighted by atomic mass is 16.5. The van der Waals surface area contributed by atoms with Crippen LogP contribution in [-0.4, -0.2) is 59.3 Å². The van der Waals surface area contributed by atoms with Gasteiger partial charge in [0.25, 0.3) is 0 Å². The summed E-state index contributed by atoms with van der Waals surface area (Å²) in [6, 6.07) is 5.74. The first-order chi connectivity index (χ1) is 17.7. The zero-order valence-corrected chi connectivity index (χ0v) is 20.7. The van der Waals surface area contributed by atoms with Crippen molar-refractivity contribution < 1.29 is 19.3 Å². The van der Waals surface area contributed by atoms with Crippen molar-refractivity contribution in [1.29, 1.82) is 0 Å². The summed E-state index contributed by atoms with van der Waals surface area (Å²) in [4.78, 5) is 11.3. The average molecular weight is 491 g/mol. The Morgan fingerprint density at radius 2 is 2.25 bits per heavy atom. The SMILES string of the molecule is COc1cnc2cccc(C(O)CN3CCCC(CNC(C4=CC=CCC4)C4=COC=CO4)C3)c2n1. The third-order valence-corrected chi connectivity index (χ3v) is 7.02. The number of para-hydroxylation sites is 1. The predicted octanol–water partition coefficient (Wildman–Crippen LogP) is 3.98. The third-order valence-electron chi connectivity index (χ3n) is 7.02. The van der Waals surface area contributed by atoms with E-state index in [2.05, 4.69) is 38.4 Å². The molecule has 1 aromatic heterocycles. The smallest absolute Gasteiger partial charge is 0.232 e. The Kier molecular flexibility index (Phi) is 7.95. The number of hydrogen-bond acceptors (Lipinski definition) is 8. The highest BCUT2D eigenvalue weighted by Crippen LogP contribution is 2.27. The highest BCUT2D eigenvalue weighted by molar-refractivity contribution is 5.78. The van der Waals surface area contributed by atoms with Gasteiger partial charge in [-0.05, 0) is 49.8 Å². The number of hydrogen-bond donors (Lipinski definition) is 2. The fourth-order valence-corrected chi connectivity index (χ4v) is 5.20.